The molecule has 0 spiro atoms. The van der Waals surface area contributed by atoms with Crippen LogP contribution >= 0.6 is 0 Å². The lowest BCUT2D eigenvalue weighted by Gasteiger charge is -2.62. The first-order valence-electron chi connectivity index (χ1n) is 15.0. The third-order valence-corrected chi connectivity index (χ3v) is 12.8. The van der Waals surface area contributed by atoms with Gasteiger partial charge in [-0.05, 0) is 116 Å². The molecule has 4 saturated carbocycles. The molecule has 0 amide bonds. The summed E-state index contributed by atoms with van der Waals surface area (Å²) in [6.07, 6.45) is 10.9. The van der Waals surface area contributed by atoms with Gasteiger partial charge in [-0.25, -0.2) is 8.37 Å². The van der Waals surface area contributed by atoms with Crippen molar-refractivity contribution in [3.8, 4) is 0 Å². The lowest BCUT2D eigenvalue weighted by atomic mass is 9.44. The summed E-state index contributed by atoms with van der Waals surface area (Å²) >= 11 is 0. The molecule has 0 aromatic rings. The van der Waals surface area contributed by atoms with E-state index in [1.807, 2.05) is 0 Å². The summed E-state index contributed by atoms with van der Waals surface area (Å²) in [5, 5.41) is 0. The van der Waals surface area contributed by atoms with Crippen LogP contribution in [0.5, 0.6) is 0 Å². The fourth-order valence-corrected chi connectivity index (χ4v) is 11.0. The van der Waals surface area contributed by atoms with Crippen LogP contribution in [0.2, 0.25) is 0 Å². The number of hydrogen-bond acceptors (Lipinski definition) is 6. The van der Waals surface area contributed by atoms with E-state index in [1.54, 1.807) is 0 Å². The first-order chi connectivity index (χ1) is 18.0. The average molecular weight is 591 g/mol. The molecule has 0 radical (unpaired) electrons. The highest BCUT2D eigenvalue weighted by Gasteiger charge is 2.63. The van der Waals surface area contributed by atoms with Crippen molar-refractivity contribution in [3.05, 3.63) is 12.2 Å². The zero-order chi connectivity index (χ0) is 29.0. The molecule has 10 heteroatoms. The molecule has 11 atom stereocenters. The minimum atomic E-state index is -4.70. The van der Waals surface area contributed by atoms with E-state index in [2.05, 4.69) is 53.7 Å². The van der Waals surface area contributed by atoms with Gasteiger partial charge in [-0.1, -0.05) is 53.7 Å². The molecule has 0 heterocycles. The maximum absolute atomic E-state index is 11.9. The van der Waals surface area contributed by atoms with Crippen LogP contribution in [0.15, 0.2) is 12.2 Å². The number of fused-ring (bicyclic) bond motifs is 5. The Hall–Kier alpha value is -0.520. The first-order valence-corrected chi connectivity index (χ1v) is 17.7. The van der Waals surface area contributed by atoms with Gasteiger partial charge in [-0.15, -0.1) is 0 Å². The molecule has 0 aromatic carbocycles. The van der Waals surface area contributed by atoms with E-state index in [0.29, 0.717) is 54.8 Å². The molecule has 4 rings (SSSR count). The Labute approximate surface area is 236 Å². The van der Waals surface area contributed by atoms with Crippen LogP contribution in [-0.2, 0) is 29.2 Å². The Morgan fingerprint density at radius 2 is 1.44 bits per heavy atom. The highest BCUT2D eigenvalue weighted by Crippen LogP contribution is 2.68. The van der Waals surface area contributed by atoms with Crippen LogP contribution in [0.4, 0.5) is 0 Å². The monoisotopic (exact) mass is 590 g/mol. The molecule has 0 bridgehead atoms. The zero-order valence-corrected chi connectivity index (χ0v) is 26.1. The van der Waals surface area contributed by atoms with Crippen molar-refractivity contribution in [1.29, 1.82) is 0 Å². The van der Waals surface area contributed by atoms with Gasteiger partial charge in [-0.3, -0.25) is 9.11 Å². The van der Waals surface area contributed by atoms with Gasteiger partial charge in [0.25, 0.3) is 0 Å². The molecule has 0 aliphatic heterocycles. The third-order valence-electron chi connectivity index (χ3n) is 11.8. The summed E-state index contributed by atoms with van der Waals surface area (Å²) in [5.41, 5.74) is -0.116. The predicted octanol–water partition coefficient (Wildman–Crippen LogP) is 6.51. The summed E-state index contributed by atoms with van der Waals surface area (Å²) in [5.74, 6) is 3.02. The molecule has 4 aliphatic rings. The Morgan fingerprint density at radius 1 is 0.821 bits per heavy atom. The Morgan fingerprint density at radius 3 is 2.03 bits per heavy atom. The van der Waals surface area contributed by atoms with E-state index in [0.717, 1.165) is 32.1 Å². The van der Waals surface area contributed by atoms with Crippen molar-refractivity contribution in [1.82, 2.24) is 0 Å². The van der Waals surface area contributed by atoms with Crippen molar-refractivity contribution >= 4 is 20.8 Å². The average Bonchev–Trinajstić information content (AvgIpc) is 3.15. The number of hydrogen-bond donors (Lipinski definition) is 2. The second-order valence-electron chi connectivity index (χ2n) is 14.0. The molecular weight excluding hydrogens is 540 g/mol. The smallest absolute Gasteiger partial charge is 0.264 e. The highest BCUT2D eigenvalue weighted by atomic mass is 32.3. The van der Waals surface area contributed by atoms with Crippen LogP contribution in [-0.4, -0.2) is 38.1 Å². The topological polar surface area (TPSA) is 127 Å². The molecule has 0 saturated heterocycles. The molecule has 0 aromatic heterocycles. The van der Waals surface area contributed by atoms with Crippen molar-refractivity contribution in [2.75, 3.05) is 0 Å². The Kier molecular flexibility index (Phi) is 9.09. The first kappa shape index (κ1) is 31.4. The van der Waals surface area contributed by atoms with Gasteiger partial charge in [0.1, 0.15) is 0 Å². The lowest BCUT2D eigenvalue weighted by molar-refractivity contribution is -0.163. The van der Waals surface area contributed by atoms with Crippen molar-refractivity contribution in [2.45, 2.75) is 112 Å². The van der Waals surface area contributed by atoms with E-state index in [9.17, 15) is 25.9 Å². The summed E-state index contributed by atoms with van der Waals surface area (Å²) < 4.78 is 75.9. The van der Waals surface area contributed by atoms with E-state index >= 15 is 0 Å². The van der Waals surface area contributed by atoms with Crippen LogP contribution < -0.4 is 0 Å². The molecular formula is C29H50O8S2. The molecule has 4 fully saturated rings. The van der Waals surface area contributed by atoms with E-state index in [-0.39, 0.29) is 29.1 Å². The molecule has 39 heavy (non-hydrogen) atoms. The highest BCUT2D eigenvalue weighted by molar-refractivity contribution is 7.81. The molecule has 2 N–H and O–H groups in total. The minimum Gasteiger partial charge on any atom is -0.264 e. The SMILES string of the molecule is CC[C@H](/C=C/[C@@H](C)[C@H]1CC[C@H]2[C@@H]3C[C@@H](OS(=O)(=O)O)[C@H]4C[C@@H](OS(=O)(=O)O)CC[C@]4(C)[C@H]3CC[C@]12C)C(C)C. The fourth-order valence-electron chi connectivity index (χ4n) is 9.94. The standard InChI is InChI=1S/C29H50O8S2/c1-7-20(18(2)3)9-8-19(4)23-10-11-24-22-17-27(37-39(33,34)35)26-16-21(36-38(30,31)32)12-14-29(26,6)25(22)13-15-28(23,24)5/h8-9,18-27H,7,10-17H2,1-6H3,(H,30,31,32)(H,33,34,35)/b9-8+/t19-,20-,21+,22+,23-,24+,25+,26-,27-,28-,29-/m1/s1. The van der Waals surface area contributed by atoms with Gasteiger partial charge in [0.15, 0.2) is 0 Å². The van der Waals surface area contributed by atoms with Crippen molar-refractivity contribution in [2.24, 2.45) is 58.2 Å². The normalized spacial score (nSPS) is 42.6. The summed E-state index contributed by atoms with van der Waals surface area (Å²) in [4.78, 5) is 0. The summed E-state index contributed by atoms with van der Waals surface area (Å²) in [7, 11) is -9.32. The second kappa shape index (κ2) is 11.3. The molecule has 226 valence electrons. The van der Waals surface area contributed by atoms with Crippen LogP contribution in [0.1, 0.15) is 99.3 Å². The largest absolute Gasteiger partial charge is 0.397 e. The zero-order valence-electron chi connectivity index (χ0n) is 24.5. The fraction of sp³-hybridized carbons (Fsp3) is 0.931. The Balaban J connectivity index is 1.60. The van der Waals surface area contributed by atoms with Crippen molar-refractivity contribution in [3.63, 3.8) is 0 Å². The van der Waals surface area contributed by atoms with E-state index < -0.39 is 33.0 Å². The Bertz CT molecular complexity index is 1120. The van der Waals surface area contributed by atoms with Gasteiger partial charge in [0.05, 0.1) is 12.2 Å². The van der Waals surface area contributed by atoms with E-state index in [1.165, 1.54) is 0 Å². The maximum Gasteiger partial charge on any atom is 0.397 e. The maximum atomic E-state index is 11.9. The van der Waals surface area contributed by atoms with E-state index in [4.69, 9.17) is 8.37 Å². The quantitative estimate of drug-likeness (QED) is 0.230. The predicted molar refractivity (Wildman–Crippen MR) is 150 cm³/mol. The second-order valence-corrected chi connectivity index (χ2v) is 16.1. The minimum absolute atomic E-state index is 0.154. The number of rotatable bonds is 9. The summed E-state index contributed by atoms with van der Waals surface area (Å²) in [6.45, 7) is 13.8. The summed E-state index contributed by atoms with van der Waals surface area (Å²) in [6, 6.07) is 0. The van der Waals surface area contributed by atoms with Gasteiger partial charge in [0.2, 0.25) is 0 Å². The number of allylic oxidation sites excluding steroid dienone is 2. The van der Waals surface area contributed by atoms with Crippen LogP contribution in [0.25, 0.3) is 0 Å². The lowest BCUT2D eigenvalue weighted by Crippen LogP contribution is -2.59. The van der Waals surface area contributed by atoms with Gasteiger partial charge in [0, 0.05) is 0 Å². The van der Waals surface area contributed by atoms with Gasteiger partial charge < -0.3 is 0 Å². The van der Waals surface area contributed by atoms with Crippen LogP contribution in [0, 0.1) is 58.2 Å². The third kappa shape index (κ3) is 6.46. The molecule has 8 nitrogen and oxygen atoms in total. The molecule has 4 aliphatic carbocycles. The van der Waals surface area contributed by atoms with Crippen molar-refractivity contribution < 1.29 is 34.3 Å². The van der Waals surface area contributed by atoms with Gasteiger partial charge in [-0.2, -0.15) is 16.8 Å². The molecule has 0 unspecified atom stereocenters. The van der Waals surface area contributed by atoms with Crippen LogP contribution in [0.3, 0.4) is 0 Å². The van der Waals surface area contributed by atoms with Gasteiger partial charge >= 0.3 is 20.8 Å².